The third-order valence-corrected chi connectivity index (χ3v) is 7.03. The maximum atomic E-state index is 12.9. The average Bonchev–Trinajstić information content (AvgIpc) is 3.17. The number of aryl methyl sites for hydroxylation is 1. The van der Waals surface area contributed by atoms with E-state index in [0.29, 0.717) is 30.0 Å². The number of hydrogen-bond donors (Lipinski definition) is 2. The first kappa shape index (κ1) is 20.8. The molecule has 0 saturated carbocycles. The van der Waals surface area contributed by atoms with E-state index in [9.17, 15) is 18.3 Å². The molecule has 8 heteroatoms. The summed E-state index contributed by atoms with van der Waals surface area (Å²) in [6, 6.07) is 12.5. The quantitative estimate of drug-likeness (QED) is 0.749. The molecule has 2 aromatic carbocycles. The molecule has 0 bridgehead atoms. The van der Waals surface area contributed by atoms with Gasteiger partial charge in [-0.05, 0) is 49.6 Å². The number of rotatable bonds is 6. The topological polar surface area (TPSA) is 86.7 Å². The maximum Gasteiger partial charge on any atom is 0.243 e. The third kappa shape index (κ3) is 4.55. The summed E-state index contributed by atoms with van der Waals surface area (Å²) in [5.41, 5.74) is 1.59. The van der Waals surface area contributed by atoms with Gasteiger partial charge >= 0.3 is 0 Å². The van der Waals surface area contributed by atoms with Gasteiger partial charge in [0.15, 0.2) is 0 Å². The van der Waals surface area contributed by atoms with Crippen LogP contribution in [0.1, 0.15) is 30.1 Å². The van der Waals surface area contributed by atoms with Crippen LogP contribution in [0.2, 0.25) is 5.02 Å². The highest BCUT2D eigenvalue weighted by atomic mass is 35.5. The second-order valence-electron chi connectivity index (χ2n) is 6.90. The molecule has 2 unspecified atom stereocenters. The van der Waals surface area contributed by atoms with E-state index < -0.39 is 28.1 Å². The fourth-order valence-corrected chi connectivity index (χ4v) is 5.04. The molecular weight excluding hydrogens is 400 g/mol. The normalized spacial score (nSPS) is 18.8. The van der Waals surface area contributed by atoms with Crippen molar-refractivity contribution in [2.45, 2.75) is 36.8 Å². The molecule has 2 aromatic rings. The summed E-state index contributed by atoms with van der Waals surface area (Å²) in [7, 11) is -3.75. The van der Waals surface area contributed by atoms with Crippen LogP contribution in [0.3, 0.4) is 0 Å². The smallest absolute Gasteiger partial charge is 0.243 e. The number of halogens is 1. The van der Waals surface area contributed by atoms with Crippen LogP contribution in [-0.4, -0.2) is 42.9 Å². The number of aliphatic hydroxyl groups excluding tert-OH is 1. The highest BCUT2D eigenvalue weighted by molar-refractivity contribution is 7.89. The van der Waals surface area contributed by atoms with Crippen molar-refractivity contribution in [1.82, 2.24) is 9.62 Å². The van der Waals surface area contributed by atoms with E-state index in [0.717, 1.165) is 5.56 Å². The SMILES string of the molecule is Cc1ccc(S(=O)(=O)N2CCCC2C(=O)NCC(O)c2ccc(Cl)cc2)cc1. The van der Waals surface area contributed by atoms with Gasteiger partial charge in [0.1, 0.15) is 6.04 Å². The fourth-order valence-electron chi connectivity index (χ4n) is 3.25. The molecule has 0 aliphatic carbocycles. The third-order valence-electron chi connectivity index (χ3n) is 4.86. The van der Waals surface area contributed by atoms with E-state index in [4.69, 9.17) is 11.6 Å². The summed E-state index contributed by atoms with van der Waals surface area (Å²) in [5, 5.41) is 13.5. The fraction of sp³-hybridized carbons (Fsp3) is 0.350. The molecule has 2 atom stereocenters. The predicted octanol–water partition coefficient (Wildman–Crippen LogP) is 2.65. The number of amides is 1. The summed E-state index contributed by atoms with van der Waals surface area (Å²) < 4.78 is 27.1. The van der Waals surface area contributed by atoms with Crippen molar-refractivity contribution in [3.63, 3.8) is 0 Å². The number of carbonyl (C=O) groups is 1. The van der Waals surface area contributed by atoms with Gasteiger partial charge in [-0.1, -0.05) is 41.4 Å². The lowest BCUT2D eigenvalue weighted by molar-refractivity contribution is -0.124. The van der Waals surface area contributed by atoms with Crippen molar-refractivity contribution in [2.24, 2.45) is 0 Å². The minimum absolute atomic E-state index is 0.00458. The highest BCUT2D eigenvalue weighted by Gasteiger charge is 2.39. The zero-order chi connectivity index (χ0) is 20.3. The molecule has 1 aliphatic heterocycles. The van der Waals surface area contributed by atoms with Gasteiger partial charge in [-0.2, -0.15) is 4.31 Å². The van der Waals surface area contributed by atoms with Gasteiger partial charge in [-0.15, -0.1) is 0 Å². The van der Waals surface area contributed by atoms with Crippen LogP contribution in [-0.2, 0) is 14.8 Å². The van der Waals surface area contributed by atoms with E-state index in [1.54, 1.807) is 48.5 Å². The second kappa shape index (κ2) is 8.61. The van der Waals surface area contributed by atoms with Gasteiger partial charge in [0, 0.05) is 18.1 Å². The van der Waals surface area contributed by atoms with Gasteiger partial charge in [0.2, 0.25) is 15.9 Å². The Morgan fingerprint density at radius 1 is 1.21 bits per heavy atom. The first-order valence-electron chi connectivity index (χ1n) is 9.09. The summed E-state index contributed by atoms with van der Waals surface area (Å²) in [5.74, 6) is -0.402. The molecule has 0 aromatic heterocycles. The number of aliphatic hydroxyl groups is 1. The summed E-state index contributed by atoms with van der Waals surface area (Å²) in [4.78, 5) is 12.8. The summed E-state index contributed by atoms with van der Waals surface area (Å²) in [6.07, 6.45) is 0.168. The first-order valence-corrected chi connectivity index (χ1v) is 10.9. The Kier molecular flexibility index (Phi) is 6.40. The van der Waals surface area contributed by atoms with Gasteiger partial charge < -0.3 is 10.4 Å². The Morgan fingerprint density at radius 3 is 2.50 bits per heavy atom. The minimum Gasteiger partial charge on any atom is -0.387 e. The van der Waals surface area contributed by atoms with Gasteiger partial charge in [-0.3, -0.25) is 4.79 Å². The molecule has 0 radical (unpaired) electrons. The molecular formula is C20H23ClN2O4S. The Balaban J connectivity index is 1.67. The van der Waals surface area contributed by atoms with Gasteiger partial charge in [0.25, 0.3) is 0 Å². The number of nitrogens with one attached hydrogen (secondary N) is 1. The molecule has 1 saturated heterocycles. The van der Waals surface area contributed by atoms with Crippen molar-refractivity contribution in [2.75, 3.05) is 13.1 Å². The molecule has 6 nitrogen and oxygen atoms in total. The molecule has 28 heavy (non-hydrogen) atoms. The first-order chi connectivity index (χ1) is 13.3. The Labute approximate surface area is 170 Å². The van der Waals surface area contributed by atoms with Crippen LogP contribution in [0.5, 0.6) is 0 Å². The molecule has 0 spiro atoms. The monoisotopic (exact) mass is 422 g/mol. The van der Waals surface area contributed by atoms with Crippen LogP contribution in [0.25, 0.3) is 0 Å². The van der Waals surface area contributed by atoms with Crippen LogP contribution in [0.15, 0.2) is 53.4 Å². The van der Waals surface area contributed by atoms with Crippen LogP contribution in [0, 0.1) is 6.92 Å². The largest absolute Gasteiger partial charge is 0.387 e. The molecule has 1 heterocycles. The zero-order valence-electron chi connectivity index (χ0n) is 15.5. The lowest BCUT2D eigenvalue weighted by atomic mass is 10.1. The van der Waals surface area contributed by atoms with Crippen LogP contribution in [0.4, 0.5) is 0 Å². The number of sulfonamides is 1. The van der Waals surface area contributed by atoms with E-state index in [1.165, 1.54) is 4.31 Å². The van der Waals surface area contributed by atoms with Crippen LogP contribution >= 0.6 is 11.6 Å². The standard InChI is InChI=1S/C20H23ClN2O4S/c1-14-4-10-17(11-5-14)28(26,27)23-12-2-3-18(23)20(25)22-13-19(24)15-6-8-16(21)9-7-15/h4-11,18-19,24H,2-3,12-13H2,1H3,(H,22,25). The number of hydrogen-bond acceptors (Lipinski definition) is 4. The summed E-state index contributed by atoms with van der Waals surface area (Å²) >= 11 is 5.83. The molecule has 2 N–H and O–H groups in total. The maximum absolute atomic E-state index is 12.9. The van der Waals surface area contributed by atoms with E-state index >= 15 is 0 Å². The Morgan fingerprint density at radius 2 is 1.86 bits per heavy atom. The van der Waals surface area contributed by atoms with Gasteiger partial charge in [-0.25, -0.2) is 8.42 Å². The number of carbonyl (C=O) groups excluding carboxylic acids is 1. The predicted molar refractivity (Wildman–Crippen MR) is 108 cm³/mol. The highest BCUT2D eigenvalue weighted by Crippen LogP contribution is 2.26. The minimum atomic E-state index is -3.75. The average molecular weight is 423 g/mol. The zero-order valence-corrected chi connectivity index (χ0v) is 17.1. The lowest BCUT2D eigenvalue weighted by Gasteiger charge is -2.24. The Bertz CT molecular complexity index is 930. The molecule has 3 rings (SSSR count). The van der Waals surface area contributed by atoms with Crippen molar-refractivity contribution < 1.29 is 18.3 Å². The van der Waals surface area contributed by atoms with Crippen LogP contribution < -0.4 is 5.32 Å². The molecule has 150 valence electrons. The van der Waals surface area contributed by atoms with Gasteiger partial charge in [0.05, 0.1) is 11.0 Å². The number of nitrogens with zero attached hydrogens (tertiary/aromatic N) is 1. The van der Waals surface area contributed by atoms with Crippen molar-refractivity contribution in [1.29, 1.82) is 0 Å². The van der Waals surface area contributed by atoms with E-state index in [1.807, 2.05) is 6.92 Å². The van der Waals surface area contributed by atoms with E-state index in [2.05, 4.69) is 5.32 Å². The van der Waals surface area contributed by atoms with Crippen molar-refractivity contribution in [3.8, 4) is 0 Å². The molecule has 1 fully saturated rings. The number of benzene rings is 2. The molecule has 1 amide bonds. The second-order valence-corrected chi connectivity index (χ2v) is 9.23. The van der Waals surface area contributed by atoms with Crippen molar-refractivity contribution >= 4 is 27.5 Å². The molecule has 1 aliphatic rings. The Hall–Kier alpha value is -1.93. The van der Waals surface area contributed by atoms with Crippen molar-refractivity contribution in [3.05, 3.63) is 64.7 Å². The summed E-state index contributed by atoms with van der Waals surface area (Å²) in [6.45, 7) is 2.18. The lowest BCUT2D eigenvalue weighted by Crippen LogP contribution is -2.46. The van der Waals surface area contributed by atoms with E-state index in [-0.39, 0.29) is 11.4 Å².